The Morgan fingerprint density at radius 3 is 2.50 bits per heavy atom. The van der Waals surface area contributed by atoms with Crippen LogP contribution in [0.25, 0.3) is 0 Å². The highest BCUT2D eigenvalue weighted by Gasteiger charge is 2.66. The van der Waals surface area contributed by atoms with Crippen LogP contribution in [0.5, 0.6) is 0 Å². The molecule has 0 aromatic carbocycles. The average Bonchev–Trinajstić information content (AvgIpc) is 2.66. The molecular formula is C10H18O6. The zero-order valence-corrected chi connectivity index (χ0v) is 9.67. The van der Waals surface area contributed by atoms with Crippen molar-refractivity contribution < 1.29 is 29.2 Å². The molecule has 2 aliphatic heterocycles. The van der Waals surface area contributed by atoms with Crippen molar-refractivity contribution in [3.8, 4) is 0 Å². The predicted octanol–water partition coefficient (Wildman–Crippen LogP) is -0.767. The van der Waals surface area contributed by atoms with Gasteiger partial charge in [-0.3, -0.25) is 0 Å². The molecule has 0 aromatic heterocycles. The number of hydrogen-bond donors (Lipinski definition) is 2. The minimum atomic E-state index is -1.05. The predicted molar refractivity (Wildman–Crippen MR) is 52.6 cm³/mol. The largest absolute Gasteiger partial charge is 0.394 e. The highest BCUT2D eigenvalue weighted by molar-refractivity contribution is 5.07. The molecule has 0 spiro atoms. The molecule has 2 fully saturated rings. The van der Waals surface area contributed by atoms with E-state index in [0.717, 1.165) is 0 Å². The number of fused-ring (bicyclic) bond motifs is 1. The van der Waals surface area contributed by atoms with Gasteiger partial charge in [0.2, 0.25) is 0 Å². The fourth-order valence-electron chi connectivity index (χ4n) is 2.45. The highest BCUT2D eigenvalue weighted by atomic mass is 16.8. The van der Waals surface area contributed by atoms with E-state index in [1.807, 2.05) is 0 Å². The summed E-state index contributed by atoms with van der Waals surface area (Å²) in [7, 11) is 1.47. The van der Waals surface area contributed by atoms with E-state index in [4.69, 9.17) is 18.9 Å². The second-order valence-electron chi connectivity index (χ2n) is 4.58. The summed E-state index contributed by atoms with van der Waals surface area (Å²) in [4.78, 5) is 0. The van der Waals surface area contributed by atoms with E-state index >= 15 is 0 Å². The molecule has 0 aromatic rings. The zero-order valence-electron chi connectivity index (χ0n) is 9.67. The third-order valence-corrected chi connectivity index (χ3v) is 3.00. The molecule has 6 heteroatoms. The lowest BCUT2D eigenvalue weighted by Crippen LogP contribution is -2.50. The molecule has 0 radical (unpaired) electrons. The van der Waals surface area contributed by atoms with Crippen LogP contribution in [0.3, 0.4) is 0 Å². The van der Waals surface area contributed by atoms with Crippen LogP contribution in [0, 0.1) is 0 Å². The Bertz CT molecular complexity index is 268. The van der Waals surface area contributed by atoms with Gasteiger partial charge in [0.25, 0.3) is 0 Å². The first-order valence-electron chi connectivity index (χ1n) is 5.27. The fourth-order valence-corrected chi connectivity index (χ4v) is 2.45. The first-order valence-corrected chi connectivity index (χ1v) is 5.27. The van der Waals surface area contributed by atoms with E-state index in [1.54, 1.807) is 13.8 Å². The summed E-state index contributed by atoms with van der Waals surface area (Å²) >= 11 is 0. The Morgan fingerprint density at radius 2 is 2.00 bits per heavy atom. The van der Waals surface area contributed by atoms with Crippen molar-refractivity contribution in [1.29, 1.82) is 0 Å². The molecule has 2 rings (SSSR count). The van der Waals surface area contributed by atoms with E-state index in [9.17, 15) is 10.2 Å². The number of hydrogen-bond acceptors (Lipinski definition) is 6. The van der Waals surface area contributed by atoms with Crippen LogP contribution in [0.15, 0.2) is 0 Å². The van der Waals surface area contributed by atoms with Gasteiger partial charge in [0.15, 0.2) is 17.7 Å². The molecule has 1 unspecified atom stereocenters. The van der Waals surface area contributed by atoms with Gasteiger partial charge >= 0.3 is 0 Å². The standard InChI is InChI=1S/C10H18O6/c1-9(2)15-7-6(4-11)14-8(13-3)10(7,5-12)16-9/h6-8,11-12H,4-5H2,1-3H3/t6-,7-,8?,10-/m1/s1. The van der Waals surface area contributed by atoms with E-state index in [0.29, 0.717) is 0 Å². The van der Waals surface area contributed by atoms with Gasteiger partial charge in [0, 0.05) is 7.11 Å². The molecule has 2 N–H and O–H groups in total. The van der Waals surface area contributed by atoms with Crippen LogP contribution in [-0.4, -0.2) is 60.4 Å². The Kier molecular flexibility index (Phi) is 2.98. The molecule has 2 heterocycles. The summed E-state index contributed by atoms with van der Waals surface area (Å²) in [5.74, 6) is -0.818. The van der Waals surface area contributed by atoms with Gasteiger partial charge in [0.05, 0.1) is 13.2 Å². The van der Waals surface area contributed by atoms with Crippen molar-refractivity contribution in [3.05, 3.63) is 0 Å². The van der Waals surface area contributed by atoms with Gasteiger partial charge in [-0.2, -0.15) is 0 Å². The molecule has 0 aliphatic carbocycles. The molecule has 2 saturated heterocycles. The number of methoxy groups -OCH3 is 1. The Hall–Kier alpha value is -0.240. The van der Waals surface area contributed by atoms with Crippen LogP contribution in [-0.2, 0) is 18.9 Å². The zero-order chi connectivity index (χ0) is 12.0. The maximum Gasteiger partial charge on any atom is 0.191 e. The molecule has 2 aliphatic rings. The number of aliphatic hydroxyl groups excluding tert-OH is 2. The van der Waals surface area contributed by atoms with E-state index in [-0.39, 0.29) is 13.2 Å². The first-order chi connectivity index (χ1) is 7.49. The molecular weight excluding hydrogens is 216 g/mol. The molecule has 0 bridgehead atoms. The molecule has 16 heavy (non-hydrogen) atoms. The van der Waals surface area contributed by atoms with Crippen molar-refractivity contribution in [1.82, 2.24) is 0 Å². The fraction of sp³-hybridized carbons (Fsp3) is 1.00. The number of aliphatic hydroxyl groups is 2. The van der Waals surface area contributed by atoms with Gasteiger partial charge in [-0.15, -0.1) is 0 Å². The van der Waals surface area contributed by atoms with Crippen LogP contribution >= 0.6 is 0 Å². The van der Waals surface area contributed by atoms with E-state index in [1.165, 1.54) is 7.11 Å². The van der Waals surface area contributed by atoms with Crippen LogP contribution in [0.1, 0.15) is 13.8 Å². The SMILES string of the molecule is COC1O[C@H](CO)[C@H]2OC(C)(C)O[C@@]12CO. The lowest BCUT2D eigenvalue weighted by molar-refractivity contribution is -0.261. The Labute approximate surface area is 94.1 Å². The second-order valence-corrected chi connectivity index (χ2v) is 4.58. The van der Waals surface area contributed by atoms with E-state index < -0.39 is 29.9 Å². The highest BCUT2D eigenvalue weighted by Crippen LogP contribution is 2.46. The Balaban J connectivity index is 2.31. The minimum Gasteiger partial charge on any atom is -0.394 e. The lowest BCUT2D eigenvalue weighted by atomic mass is 9.96. The number of ether oxygens (including phenoxy) is 4. The van der Waals surface area contributed by atoms with Crippen molar-refractivity contribution in [3.63, 3.8) is 0 Å². The van der Waals surface area contributed by atoms with Crippen molar-refractivity contribution in [2.75, 3.05) is 20.3 Å². The second kappa shape index (κ2) is 3.90. The van der Waals surface area contributed by atoms with Crippen LogP contribution in [0.4, 0.5) is 0 Å². The van der Waals surface area contributed by atoms with Crippen molar-refractivity contribution >= 4 is 0 Å². The molecule has 0 amide bonds. The Morgan fingerprint density at radius 1 is 1.31 bits per heavy atom. The van der Waals surface area contributed by atoms with Gasteiger partial charge in [-0.05, 0) is 13.8 Å². The summed E-state index contributed by atoms with van der Waals surface area (Å²) < 4.78 is 21.9. The molecule has 6 nitrogen and oxygen atoms in total. The van der Waals surface area contributed by atoms with Crippen LogP contribution < -0.4 is 0 Å². The van der Waals surface area contributed by atoms with Crippen molar-refractivity contribution in [2.45, 2.75) is 43.7 Å². The van der Waals surface area contributed by atoms with Gasteiger partial charge in [0.1, 0.15) is 12.2 Å². The number of rotatable bonds is 3. The molecule has 94 valence electrons. The van der Waals surface area contributed by atoms with Gasteiger partial charge < -0.3 is 29.2 Å². The average molecular weight is 234 g/mol. The van der Waals surface area contributed by atoms with Crippen molar-refractivity contribution in [2.24, 2.45) is 0 Å². The normalized spacial score (nSPS) is 45.9. The minimum absolute atomic E-state index is 0.203. The summed E-state index contributed by atoms with van der Waals surface area (Å²) in [6.07, 6.45) is -1.80. The first kappa shape index (κ1) is 12.2. The molecule has 4 atom stereocenters. The summed E-state index contributed by atoms with van der Waals surface area (Å²) in [5, 5.41) is 18.7. The topological polar surface area (TPSA) is 77.4 Å². The quantitative estimate of drug-likeness (QED) is 0.668. The third kappa shape index (κ3) is 1.57. The monoisotopic (exact) mass is 234 g/mol. The van der Waals surface area contributed by atoms with E-state index in [2.05, 4.69) is 0 Å². The van der Waals surface area contributed by atoms with Crippen LogP contribution in [0.2, 0.25) is 0 Å². The summed E-state index contributed by atoms with van der Waals surface area (Å²) in [6.45, 7) is 3.02. The smallest absolute Gasteiger partial charge is 0.191 e. The van der Waals surface area contributed by atoms with Gasteiger partial charge in [-0.1, -0.05) is 0 Å². The summed E-state index contributed by atoms with van der Waals surface area (Å²) in [6, 6.07) is 0. The lowest BCUT2D eigenvalue weighted by Gasteiger charge is -2.29. The summed E-state index contributed by atoms with van der Waals surface area (Å²) in [5.41, 5.74) is -1.05. The maximum absolute atomic E-state index is 9.53. The maximum atomic E-state index is 9.53. The third-order valence-electron chi connectivity index (χ3n) is 3.00. The molecule has 0 saturated carbocycles. The van der Waals surface area contributed by atoms with Gasteiger partial charge in [-0.25, -0.2) is 0 Å².